The maximum Gasteiger partial charge on any atom is 0.266 e. The van der Waals surface area contributed by atoms with Crippen molar-refractivity contribution in [3.8, 4) is 5.75 Å². The van der Waals surface area contributed by atoms with Gasteiger partial charge in [-0.3, -0.25) is 25.5 Å². The van der Waals surface area contributed by atoms with E-state index in [2.05, 4.69) is 4.99 Å². The molecule has 13 heteroatoms. The molecular formula is C20H30ClN7O5. The molecule has 9 N–H and O–H groups in total. The van der Waals surface area contributed by atoms with E-state index < -0.39 is 36.4 Å². The molecule has 0 aromatic heterocycles. The Labute approximate surface area is 196 Å². The van der Waals surface area contributed by atoms with Gasteiger partial charge in [-0.2, -0.15) is 0 Å². The summed E-state index contributed by atoms with van der Waals surface area (Å²) >= 11 is 6.08. The summed E-state index contributed by atoms with van der Waals surface area (Å²) in [7, 11) is 0. The van der Waals surface area contributed by atoms with Crippen LogP contribution in [-0.2, 0) is 4.79 Å². The number of halogens is 1. The summed E-state index contributed by atoms with van der Waals surface area (Å²) in [5, 5.41) is 45.0. The predicted octanol–water partition coefficient (Wildman–Crippen LogP) is -0.610. The van der Waals surface area contributed by atoms with Gasteiger partial charge in [-0.25, -0.2) is 0 Å². The van der Waals surface area contributed by atoms with Crippen molar-refractivity contribution in [2.75, 3.05) is 24.7 Å². The summed E-state index contributed by atoms with van der Waals surface area (Å²) in [5.74, 6) is -0.905. The number of anilines is 1. The second-order valence-corrected chi connectivity index (χ2v) is 7.78. The molecule has 0 aliphatic carbocycles. The van der Waals surface area contributed by atoms with Gasteiger partial charge in [0.25, 0.3) is 5.91 Å². The van der Waals surface area contributed by atoms with E-state index in [0.29, 0.717) is 18.0 Å². The first-order valence-electron chi connectivity index (χ1n) is 10.3. The van der Waals surface area contributed by atoms with E-state index >= 15 is 0 Å². The van der Waals surface area contributed by atoms with Crippen LogP contribution in [0.4, 0.5) is 5.69 Å². The molecule has 182 valence electrons. The quantitative estimate of drug-likeness (QED) is 0.0985. The van der Waals surface area contributed by atoms with Crippen LogP contribution >= 0.6 is 11.6 Å². The number of rotatable bonds is 10. The number of alkyl halides is 1. The summed E-state index contributed by atoms with van der Waals surface area (Å²) in [5.41, 5.74) is 10.6. The zero-order valence-corrected chi connectivity index (χ0v) is 18.9. The van der Waals surface area contributed by atoms with E-state index in [-0.39, 0.29) is 24.1 Å². The third-order valence-corrected chi connectivity index (χ3v) is 5.27. The van der Waals surface area contributed by atoms with Crippen molar-refractivity contribution in [1.82, 2.24) is 4.90 Å². The minimum Gasteiger partial charge on any atom is -0.491 e. The van der Waals surface area contributed by atoms with E-state index in [0.717, 1.165) is 17.7 Å². The Morgan fingerprint density at radius 2 is 1.97 bits per heavy atom. The SMILES string of the molecule is CCCCN(C(=N)N1C(=N)C(Cl)N=C(C(N)=O)C1N)c1ccc(OCC(O)C(O)CO)cc1. The van der Waals surface area contributed by atoms with Crippen molar-refractivity contribution in [2.45, 2.75) is 43.6 Å². The first-order chi connectivity index (χ1) is 15.6. The van der Waals surface area contributed by atoms with Crippen LogP contribution in [0.2, 0.25) is 0 Å². The van der Waals surface area contributed by atoms with Crippen LogP contribution in [0.25, 0.3) is 0 Å². The predicted molar refractivity (Wildman–Crippen MR) is 125 cm³/mol. The van der Waals surface area contributed by atoms with E-state index in [1.807, 2.05) is 6.92 Å². The molecule has 0 spiro atoms. The van der Waals surface area contributed by atoms with E-state index in [4.69, 9.17) is 43.7 Å². The van der Waals surface area contributed by atoms with E-state index in [9.17, 15) is 15.0 Å². The molecule has 4 atom stereocenters. The number of ether oxygens (including phenoxy) is 1. The number of hydrogen-bond acceptors (Lipinski definition) is 9. The number of amides is 1. The zero-order valence-electron chi connectivity index (χ0n) is 18.2. The lowest BCUT2D eigenvalue weighted by Crippen LogP contribution is -2.64. The monoisotopic (exact) mass is 483 g/mol. The number of guanidine groups is 1. The molecule has 0 saturated carbocycles. The number of primary amides is 1. The highest BCUT2D eigenvalue weighted by Crippen LogP contribution is 2.24. The fourth-order valence-corrected chi connectivity index (χ4v) is 3.25. The number of carbonyl (C=O) groups excluding carboxylic acids is 1. The van der Waals surface area contributed by atoms with Gasteiger partial charge in [0.05, 0.1) is 6.61 Å². The highest BCUT2D eigenvalue weighted by Gasteiger charge is 2.38. The Morgan fingerprint density at radius 1 is 1.33 bits per heavy atom. The Balaban J connectivity index is 2.25. The zero-order chi connectivity index (χ0) is 24.7. The molecular weight excluding hydrogens is 454 g/mol. The number of amidine groups is 1. The molecule has 1 aliphatic heterocycles. The molecule has 1 amide bonds. The molecule has 0 radical (unpaired) electrons. The minimum absolute atomic E-state index is 0.171. The van der Waals surface area contributed by atoms with Gasteiger partial charge in [-0.15, -0.1) is 0 Å². The Morgan fingerprint density at radius 3 is 2.52 bits per heavy atom. The fraction of sp³-hybridized carbons (Fsp3) is 0.500. The summed E-state index contributed by atoms with van der Waals surface area (Å²) in [6.07, 6.45) is -2.23. The van der Waals surface area contributed by atoms with E-state index in [1.54, 1.807) is 29.2 Å². The molecule has 33 heavy (non-hydrogen) atoms. The molecule has 2 rings (SSSR count). The van der Waals surface area contributed by atoms with Crippen LogP contribution in [-0.4, -0.2) is 87.3 Å². The maximum absolute atomic E-state index is 11.7. The van der Waals surface area contributed by atoms with Gasteiger partial charge in [-0.1, -0.05) is 24.9 Å². The molecule has 1 aromatic rings. The summed E-state index contributed by atoms with van der Waals surface area (Å²) in [6, 6.07) is 6.58. The third kappa shape index (κ3) is 6.39. The lowest BCUT2D eigenvalue weighted by atomic mass is 10.2. The van der Waals surface area contributed by atoms with Crippen molar-refractivity contribution < 1.29 is 24.9 Å². The fourth-order valence-electron chi connectivity index (χ4n) is 3.04. The summed E-state index contributed by atoms with van der Waals surface area (Å²) in [4.78, 5) is 18.3. The van der Waals surface area contributed by atoms with Crippen molar-refractivity contribution in [2.24, 2.45) is 16.5 Å². The number of benzene rings is 1. The third-order valence-electron chi connectivity index (χ3n) is 4.97. The molecule has 4 unspecified atom stereocenters. The van der Waals surface area contributed by atoms with Gasteiger partial charge in [-0.05, 0) is 30.7 Å². The molecule has 1 aromatic carbocycles. The Kier molecular flexibility index (Phi) is 9.56. The number of nitrogens with zero attached hydrogens (tertiary/aromatic N) is 3. The molecule has 12 nitrogen and oxygen atoms in total. The standard InChI is InChI=1S/C20H30ClN7O5/c1-2-3-8-27(11-4-6-12(7-5-11)33-10-14(31)13(30)9-29)20(25)28-17(22)15(19(24)32)26-16(21)18(28)23/h4-7,13-14,16-17,23,25,29-31H,2-3,8-10,22H2,1H3,(H2,24,32). The average molecular weight is 484 g/mol. The number of nitrogens with one attached hydrogen (secondary N) is 2. The Hall–Kier alpha value is -2.77. The number of aliphatic hydroxyl groups is 3. The molecule has 1 heterocycles. The smallest absolute Gasteiger partial charge is 0.266 e. The topological polar surface area (TPSA) is 206 Å². The van der Waals surface area contributed by atoms with Gasteiger partial charge < -0.3 is 36.4 Å². The number of unbranched alkanes of at least 4 members (excludes halogenated alkanes) is 1. The van der Waals surface area contributed by atoms with Gasteiger partial charge in [0.2, 0.25) is 5.96 Å². The lowest BCUT2D eigenvalue weighted by Gasteiger charge is -2.39. The van der Waals surface area contributed by atoms with Gasteiger partial charge in [0, 0.05) is 12.2 Å². The highest BCUT2D eigenvalue weighted by atomic mass is 35.5. The molecule has 1 aliphatic rings. The normalized spacial score (nSPS) is 20.1. The van der Waals surface area contributed by atoms with Crippen molar-refractivity contribution in [3.05, 3.63) is 24.3 Å². The number of carbonyl (C=O) groups is 1. The van der Waals surface area contributed by atoms with Gasteiger partial charge in [0.15, 0.2) is 5.50 Å². The van der Waals surface area contributed by atoms with Crippen LogP contribution in [0.3, 0.4) is 0 Å². The van der Waals surface area contributed by atoms with Crippen LogP contribution in [0.5, 0.6) is 5.75 Å². The first kappa shape index (κ1) is 26.5. The van der Waals surface area contributed by atoms with Crippen LogP contribution in [0.1, 0.15) is 19.8 Å². The van der Waals surface area contributed by atoms with Crippen molar-refractivity contribution in [1.29, 1.82) is 10.8 Å². The lowest BCUT2D eigenvalue weighted by molar-refractivity contribution is -0.112. The molecule has 0 bridgehead atoms. The Bertz CT molecular complexity index is 882. The number of aliphatic hydroxyl groups excluding tert-OH is 3. The summed E-state index contributed by atoms with van der Waals surface area (Å²) in [6.45, 7) is 1.61. The molecule has 0 saturated heterocycles. The van der Waals surface area contributed by atoms with Crippen molar-refractivity contribution >= 4 is 40.7 Å². The van der Waals surface area contributed by atoms with Gasteiger partial charge >= 0.3 is 0 Å². The minimum atomic E-state index is -1.31. The highest BCUT2D eigenvalue weighted by molar-refractivity contribution is 6.45. The average Bonchev–Trinajstić information content (AvgIpc) is 2.80. The maximum atomic E-state index is 11.7. The largest absolute Gasteiger partial charge is 0.491 e. The number of nitrogens with two attached hydrogens (primary N) is 2. The van der Waals surface area contributed by atoms with E-state index in [1.165, 1.54) is 0 Å². The van der Waals surface area contributed by atoms with Gasteiger partial charge in [0.1, 0.15) is 42.3 Å². The van der Waals surface area contributed by atoms with Crippen molar-refractivity contribution in [3.63, 3.8) is 0 Å². The first-order valence-corrected chi connectivity index (χ1v) is 10.8. The molecule has 0 fully saturated rings. The summed E-state index contributed by atoms with van der Waals surface area (Å²) < 4.78 is 5.43. The second kappa shape index (κ2) is 11.9. The van der Waals surface area contributed by atoms with Crippen LogP contribution < -0.4 is 21.1 Å². The van der Waals surface area contributed by atoms with Crippen LogP contribution in [0, 0.1) is 10.8 Å². The number of hydrogen-bond donors (Lipinski definition) is 7. The number of aliphatic imine (C=N–C) groups is 1. The van der Waals surface area contributed by atoms with Crippen LogP contribution in [0.15, 0.2) is 29.3 Å². The second-order valence-electron chi connectivity index (χ2n) is 7.37.